The lowest BCUT2D eigenvalue weighted by atomic mass is 9.84. The van der Waals surface area contributed by atoms with Crippen LogP contribution in [0.3, 0.4) is 0 Å². The fourth-order valence-corrected chi connectivity index (χ4v) is 10.3. The molecule has 0 spiro atoms. The van der Waals surface area contributed by atoms with Crippen LogP contribution in [0.15, 0.2) is 211 Å². The van der Waals surface area contributed by atoms with E-state index in [4.69, 9.17) is 4.42 Å². The number of fused-ring (bicyclic) bond motifs is 9. The summed E-state index contributed by atoms with van der Waals surface area (Å²) in [6.07, 6.45) is 0. The van der Waals surface area contributed by atoms with Crippen molar-refractivity contribution in [2.45, 2.75) is 0 Å². The fraction of sp³-hybridized carbons (Fsp3) is 0. The van der Waals surface area contributed by atoms with Crippen molar-refractivity contribution in [3.8, 4) is 66.8 Å². The number of rotatable bonds is 4. The molecule has 0 radical (unpaired) electrons. The van der Waals surface area contributed by atoms with Crippen LogP contribution in [0, 0.1) is 0 Å². The van der Waals surface area contributed by atoms with E-state index >= 15 is 0 Å². The van der Waals surface area contributed by atoms with Crippen molar-refractivity contribution in [2.24, 2.45) is 0 Å². The average Bonchev–Trinajstić information content (AvgIpc) is 3.83. The lowest BCUT2D eigenvalue weighted by Gasteiger charge is -2.19. The van der Waals surface area contributed by atoms with E-state index in [1.165, 1.54) is 110 Å². The standard InChI is InChI=1S/C58H34O/c1-2-14-38-34-54-52(33-37(38)13-1)58-51(25-12-26-53(58)59-54)57-48-21-9-7-19-46(48)55(47-20-8-10-22-49(47)57)36-29-27-35(28-30-36)39-15-3-4-16-40(39)43-31-32-50-42-18-6-5-17-41(42)44-23-11-24-45(43)56(44)50/h1-34H. The Morgan fingerprint density at radius 3 is 1.41 bits per heavy atom. The van der Waals surface area contributed by atoms with Gasteiger partial charge in [0.2, 0.25) is 0 Å². The van der Waals surface area contributed by atoms with E-state index in [1.807, 2.05) is 0 Å². The Labute approximate surface area is 341 Å². The summed E-state index contributed by atoms with van der Waals surface area (Å²) < 4.78 is 6.57. The molecule has 0 atom stereocenters. The van der Waals surface area contributed by atoms with Gasteiger partial charge < -0.3 is 4.42 Å². The Morgan fingerprint density at radius 2 is 0.712 bits per heavy atom. The highest BCUT2D eigenvalue weighted by Crippen LogP contribution is 2.51. The predicted octanol–water partition coefficient (Wildman–Crippen LogP) is 16.5. The summed E-state index contributed by atoms with van der Waals surface area (Å²) in [4.78, 5) is 0. The van der Waals surface area contributed by atoms with Crippen LogP contribution in [0.25, 0.3) is 132 Å². The maximum atomic E-state index is 6.57. The number of hydrogen-bond donors (Lipinski definition) is 0. The van der Waals surface area contributed by atoms with Gasteiger partial charge in [0.1, 0.15) is 11.2 Å². The highest BCUT2D eigenvalue weighted by atomic mass is 16.3. The van der Waals surface area contributed by atoms with Gasteiger partial charge in [-0.15, -0.1) is 0 Å². The van der Waals surface area contributed by atoms with E-state index in [2.05, 4.69) is 206 Å². The number of benzene rings is 11. The van der Waals surface area contributed by atoms with Gasteiger partial charge in [-0.25, -0.2) is 0 Å². The predicted molar refractivity (Wildman–Crippen MR) is 250 cm³/mol. The summed E-state index contributed by atoms with van der Waals surface area (Å²) >= 11 is 0. The molecule has 1 heteroatoms. The van der Waals surface area contributed by atoms with E-state index < -0.39 is 0 Å². The largest absolute Gasteiger partial charge is 0.456 e. The monoisotopic (exact) mass is 746 g/mol. The van der Waals surface area contributed by atoms with Gasteiger partial charge in [-0.3, -0.25) is 0 Å². The van der Waals surface area contributed by atoms with Gasteiger partial charge in [-0.2, -0.15) is 0 Å². The molecule has 0 saturated carbocycles. The molecular formula is C58H34O. The summed E-state index contributed by atoms with van der Waals surface area (Å²) in [7, 11) is 0. The quantitative estimate of drug-likeness (QED) is 0.164. The van der Waals surface area contributed by atoms with Crippen LogP contribution < -0.4 is 0 Å². The molecule has 1 aromatic heterocycles. The second-order valence-corrected chi connectivity index (χ2v) is 15.9. The molecule has 0 saturated heterocycles. The van der Waals surface area contributed by atoms with Crippen LogP contribution >= 0.6 is 0 Å². The molecule has 1 nitrogen and oxygen atoms in total. The second-order valence-electron chi connectivity index (χ2n) is 15.9. The van der Waals surface area contributed by atoms with Gasteiger partial charge in [0.05, 0.1) is 0 Å². The smallest absolute Gasteiger partial charge is 0.136 e. The minimum Gasteiger partial charge on any atom is -0.456 e. The summed E-state index contributed by atoms with van der Waals surface area (Å²) in [5.74, 6) is 0. The van der Waals surface area contributed by atoms with Crippen molar-refractivity contribution >= 4 is 65.0 Å². The fourth-order valence-electron chi connectivity index (χ4n) is 10.3. The van der Waals surface area contributed by atoms with Crippen molar-refractivity contribution in [2.75, 3.05) is 0 Å². The molecule has 1 heterocycles. The SMILES string of the molecule is c1ccc(-c2ccc3c4c(cccc24)-c2ccccc2-3)c(-c2ccc(-c3c4ccccc4c(-c4cccc5oc6cc7ccccc7cc6c45)c4ccccc34)cc2)c1. The first-order valence-electron chi connectivity index (χ1n) is 20.4. The van der Waals surface area contributed by atoms with Crippen molar-refractivity contribution in [3.63, 3.8) is 0 Å². The summed E-state index contributed by atoms with van der Waals surface area (Å²) in [6.45, 7) is 0. The molecular weight excluding hydrogens is 713 g/mol. The molecule has 13 rings (SSSR count). The minimum absolute atomic E-state index is 0.906. The van der Waals surface area contributed by atoms with Crippen LogP contribution in [0.1, 0.15) is 0 Å². The van der Waals surface area contributed by atoms with Gasteiger partial charge in [-0.1, -0.05) is 188 Å². The molecule has 59 heavy (non-hydrogen) atoms. The van der Waals surface area contributed by atoms with Crippen LogP contribution in [0.4, 0.5) is 0 Å². The normalized spacial score (nSPS) is 12.1. The lowest BCUT2D eigenvalue weighted by Crippen LogP contribution is -1.92. The lowest BCUT2D eigenvalue weighted by molar-refractivity contribution is 0.669. The first-order valence-corrected chi connectivity index (χ1v) is 20.4. The first-order chi connectivity index (χ1) is 29.3. The van der Waals surface area contributed by atoms with Crippen molar-refractivity contribution in [1.82, 2.24) is 0 Å². The number of hydrogen-bond acceptors (Lipinski definition) is 1. The highest BCUT2D eigenvalue weighted by Gasteiger charge is 2.24. The topological polar surface area (TPSA) is 13.1 Å². The van der Waals surface area contributed by atoms with Crippen LogP contribution in [0.5, 0.6) is 0 Å². The molecule has 1 aliphatic carbocycles. The molecule has 0 amide bonds. The third-order valence-corrected chi connectivity index (χ3v) is 12.8. The summed E-state index contributed by atoms with van der Waals surface area (Å²) in [5.41, 5.74) is 16.9. The third kappa shape index (κ3) is 4.67. The van der Waals surface area contributed by atoms with E-state index in [0.29, 0.717) is 0 Å². The average molecular weight is 747 g/mol. The second kappa shape index (κ2) is 12.4. The Hall–Kier alpha value is -7.74. The van der Waals surface area contributed by atoms with Crippen molar-refractivity contribution < 1.29 is 4.42 Å². The maximum Gasteiger partial charge on any atom is 0.136 e. The summed E-state index contributed by atoms with van der Waals surface area (Å²) in [6, 6.07) is 75.7. The maximum absolute atomic E-state index is 6.57. The van der Waals surface area contributed by atoms with E-state index in [1.54, 1.807) is 0 Å². The zero-order valence-electron chi connectivity index (χ0n) is 32.0. The van der Waals surface area contributed by atoms with E-state index in [0.717, 1.165) is 21.9 Å². The Kier molecular flexibility index (Phi) is 6.79. The molecule has 11 aromatic carbocycles. The summed E-state index contributed by atoms with van der Waals surface area (Å²) in [5, 5.41) is 12.3. The molecule has 272 valence electrons. The molecule has 12 aromatic rings. The Balaban J connectivity index is 0.979. The van der Waals surface area contributed by atoms with E-state index in [-0.39, 0.29) is 0 Å². The van der Waals surface area contributed by atoms with Crippen molar-refractivity contribution in [1.29, 1.82) is 0 Å². The van der Waals surface area contributed by atoms with Crippen LogP contribution in [-0.4, -0.2) is 0 Å². The highest BCUT2D eigenvalue weighted by molar-refractivity contribution is 6.26. The van der Waals surface area contributed by atoms with Gasteiger partial charge in [0.15, 0.2) is 0 Å². The zero-order chi connectivity index (χ0) is 38.6. The van der Waals surface area contributed by atoms with Crippen LogP contribution in [0.2, 0.25) is 0 Å². The third-order valence-electron chi connectivity index (χ3n) is 12.8. The van der Waals surface area contributed by atoms with Gasteiger partial charge >= 0.3 is 0 Å². The minimum atomic E-state index is 0.906. The van der Waals surface area contributed by atoms with Gasteiger partial charge in [0.25, 0.3) is 0 Å². The van der Waals surface area contributed by atoms with Gasteiger partial charge in [0, 0.05) is 10.8 Å². The zero-order valence-corrected chi connectivity index (χ0v) is 32.0. The number of furan rings is 1. The van der Waals surface area contributed by atoms with Crippen LogP contribution in [-0.2, 0) is 0 Å². The van der Waals surface area contributed by atoms with Crippen molar-refractivity contribution in [3.05, 3.63) is 206 Å². The van der Waals surface area contributed by atoms with E-state index in [9.17, 15) is 0 Å². The molecule has 1 aliphatic rings. The Morgan fingerprint density at radius 1 is 0.237 bits per heavy atom. The molecule has 0 fully saturated rings. The molecule has 0 unspecified atom stereocenters. The first kappa shape index (κ1) is 32.4. The Bertz CT molecular complexity index is 3630. The van der Waals surface area contributed by atoms with Gasteiger partial charge in [-0.05, 0) is 128 Å². The molecule has 0 N–H and O–H groups in total. The molecule has 0 aliphatic heterocycles. The molecule has 0 bridgehead atoms.